The van der Waals surface area contributed by atoms with E-state index in [1.165, 1.54) is 22.4 Å². The van der Waals surface area contributed by atoms with E-state index >= 15 is 0 Å². The topological polar surface area (TPSA) is 27.3 Å². The monoisotopic (exact) mass is 337 g/mol. The number of nitrogens with zero attached hydrogens (tertiary/aromatic N) is 2. The maximum atomic E-state index is 5.58. The van der Waals surface area contributed by atoms with Gasteiger partial charge in [-0.2, -0.15) is 0 Å². The summed E-state index contributed by atoms with van der Waals surface area (Å²) in [6, 6.07) is 19.4. The first kappa shape index (κ1) is 16.3. The lowest BCUT2D eigenvalue weighted by Gasteiger charge is -2.09. The zero-order valence-corrected chi connectivity index (χ0v) is 14.7. The van der Waals surface area contributed by atoms with Crippen LogP contribution in [0, 0.1) is 0 Å². The van der Waals surface area contributed by atoms with Crippen LogP contribution in [0.15, 0.2) is 54.6 Å². The first-order valence-electron chi connectivity index (χ1n) is 9.18. The number of hydrogen-bond acceptors (Lipinski definition) is 2. The second-order valence-corrected chi connectivity index (χ2v) is 6.39. The summed E-state index contributed by atoms with van der Waals surface area (Å²) in [4.78, 5) is 0. The SMILES string of the molecule is CCn1c(-c2ccccc2)[n+](CCCC2OCCO2)c2ccccc21. The maximum absolute atomic E-state index is 5.58. The molecule has 1 aromatic heterocycles. The molecule has 4 nitrogen and oxygen atoms in total. The van der Waals surface area contributed by atoms with Gasteiger partial charge in [-0.3, -0.25) is 0 Å². The molecule has 1 fully saturated rings. The molecule has 2 heterocycles. The summed E-state index contributed by atoms with van der Waals surface area (Å²) in [7, 11) is 0. The highest BCUT2D eigenvalue weighted by Gasteiger charge is 2.25. The molecule has 0 spiro atoms. The molecule has 0 saturated carbocycles. The number of rotatable bonds is 6. The highest BCUT2D eigenvalue weighted by Crippen LogP contribution is 2.23. The van der Waals surface area contributed by atoms with E-state index in [1.54, 1.807) is 0 Å². The van der Waals surface area contributed by atoms with Crippen LogP contribution in [0.3, 0.4) is 0 Å². The van der Waals surface area contributed by atoms with Gasteiger partial charge in [0, 0.05) is 6.42 Å². The first-order valence-corrected chi connectivity index (χ1v) is 9.18. The van der Waals surface area contributed by atoms with Gasteiger partial charge >= 0.3 is 0 Å². The van der Waals surface area contributed by atoms with Crippen LogP contribution in [0.4, 0.5) is 0 Å². The fourth-order valence-electron chi connectivity index (χ4n) is 3.73. The normalized spacial score (nSPS) is 15.2. The van der Waals surface area contributed by atoms with E-state index in [2.05, 4.69) is 70.7 Å². The molecule has 1 aliphatic rings. The number of imidazole rings is 1. The number of benzene rings is 2. The van der Waals surface area contributed by atoms with Crippen molar-refractivity contribution in [2.75, 3.05) is 13.2 Å². The van der Waals surface area contributed by atoms with Crippen LogP contribution in [0.25, 0.3) is 22.4 Å². The van der Waals surface area contributed by atoms with Crippen LogP contribution >= 0.6 is 0 Å². The summed E-state index contributed by atoms with van der Waals surface area (Å²) >= 11 is 0. The Hall–Kier alpha value is -2.17. The molecule has 0 unspecified atom stereocenters. The quantitative estimate of drug-likeness (QED) is 0.640. The Morgan fingerprint density at radius 2 is 1.72 bits per heavy atom. The molecule has 0 bridgehead atoms. The molecule has 1 saturated heterocycles. The van der Waals surface area contributed by atoms with Crippen LogP contribution in [0.1, 0.15) is 19.8 Å². The van der Waals surface area contributed by atoms with Crippen molar-refractivity contribution < 1.29 is 14.0 Å². The van der Waals surface area contributed by atoms with Gasteiger partial charge in [-0.05, 0) is 37.6 Å². The molecular weight excluding hydrogens is 312 g/mol. The molecule has 0 aliphatic carbocycles. The van der Waals surface area contributed by atoms with E-state index < -0.39 is 0 Å². The van der Waals surface area contributed by atoms with Crippen LogP contribution in [0.2, 0.25) is 0 Å². The van der Waals surface area contributed by atoms with Gasteiger partial charge in [0.25, 0.3) is 5.82 Å². The van der Waals surface area contributed by atoms with E-state index in [4.69, 9.17) is 9.47 Å². The van der Waals surface area contributed by atoms with Crippen molar-refractivity contribution in [2.45, 2.75) is 39.1 Å². The number of aromatic nitrogens is 2. The Labute approximate surface area is 148 Å². The third-order valence-electron chi connectivity index (χ3n) is 4.84. The Morgan fingerprint density at radius 3 is 2.48 bits per heavy atom. The predicted molar refractivity (Wildman–Crippen MR) is 98.2 cm³/mol. The van der Waals surface area contributed by atoms with Gasteiger partial charge < -0.3 is 9.47 Å². The van der Waals surface area contributed by atoms with E-state index in [-0.39, 0.29) is 6.29 Å². The lowest BCUT2D eigenvalue weighted by molar-refractivity contribution is -0.661. The molecule has 4 rings (SSSR count). The number of fused-ring (bicyclic) bond motifs is 1. The van der Waals surface area contributed by atoms with E-state index in [0.717, 1.165) is 39.1 Å². The number of hydrogen-bond donors (Lipinski definition) is 0. The molecule has 0 radical (unpaired) electrons. The van der Waals surface area contributed by atoms with Crippen LogP contribution in [-0.2, 0) is 22.6 Å². The summed E-state index contributed by atoms with van der Waals surface area (Å²) in [5.74, 6) is 1.28. The minimum atomic E-state index is -0.0275. The van der Waals surface area contributed by atoms with Crippen molar-refractivity contribution in [3.63, 3.8) is 0 Å². The molecule has 0 atom stereocenters. The molecule has 0 amide bonds. The predicted octanol–water partition coefficient (Wildman–Crippen LogP) is 3.77. The highest BCUT2D eigenvalue weighted by molar-refractivity contribution is 5.76. The molecule has 1 aliphatic heterocycles. The lowest BCUT2D eigenvalue weighted by Crippen LogP contribution is -2.36. The number of para-hydroxylation sites is 2. The van der Waals surface area contributed by atoms with Crippen LogP contribution < -0.4 is 4.57 Å². The maximum Gasteiger partial charge on any atom is 0.289 e. The minimum absolute atomic E-state index is 0.0275. The summed E-state index contributed by atoms with van der Waals surface area (Å²) < 4.78 is 16.0. The van der Waals surface area contributed by atoms with Gasteiger partial charge in [-0.15, -0.1) is 0 Å². The van der Waals surface area contributed by atoms with Gasteiger partial charge in [0.1, 0.15) is 0 Å². The van der Waals surface area contributed by atoms with Crippen LogP contribution in [0.5, 0.6) is 0 Å². The Kier molecular flexibility index (Phi) is 4.81. The smallest absolute Gasteiger partial charge is 0.289 e. The second-order valence-electron chi connectivity index (χ2n) is 6.39. The van der Waals surface area contributed by atoms with Crippen LogP contribution in [-0.4, -0.2) is 24.1 Å². The third-order valence-corrected chi connectivity index (χ3v) is 4.84. The van der Waals surface area contributed by atoms with Gasteiger partial charge in [0.05, 0.1) is 31.9 Å². The van der Waals surface area contributed by atoms with E-state index in [0.29, 0.717) is 0 Å². The molecule has 4 heteroatoms. The minimum Gasteiger partial charge on any atom is -0.350 e. The van der Waals surface area contributed by atoms with Crippen molar-refractivity contribution >= 4 is 11.0 Å². The third kappa shape index (κ3) is 3.20. The summed E-state index contributed by atoms with van der Waals surface area (Å²) in [5, 5.41) is 0. The second kappa shape index (κ2) is 7.38. The first-order chi connectivity index (χ1) is 12.4. The van der Waals surface area contributed by atoms with Gasteiger partial charge in [-0.1, -0.05) is 30.3 Å². The summed E-state index contributed by atoms with van der Waals surface area (Å²) in [6.07, 6.45) is 1.94. The van der Waals surface area contributed by atoms with Crippen molar-refractivity contribution in [3.8, 4) is 11.4 Å². The fourth-order valence-corrected chi connectivity index (χ4v) is 3.73. The van der Waals surface area contributed by atoms with Gasteiger partial charge in [0.2, 0.25) is 0 Å². The molecular formula is C21H25N2O2+. The Bertz CT molecular complexity index is 836. The molecule has 0 N–H and O–H groups in total. The zero-order valence-electron chi connectivity index (χ0n) is 14.7. The van der Waals surface area contributed by atoms with Crippen molar-refractivity contribution in [1.82, 2.24) is 4.57 Å². The zero-order chi connectivity index (χ0) is 17.1. The molecule has 25 heavy (non-hydrogen) atoms. The van der Waals surface area contributed by atoms with E-state index in [9.17, 15) is 0 Å². The molecule has 2 aromatic carbocycles. The Morgan fingerprint density at radius 1 is 1.00 bits per heavy atom. The Balaban J connectivity index is 1.72. The van der Waals surface area contributed by atoms with Crippen molar-refractivity contribution in [3.05, 3.63) is 54.6 Å². The molecule has 130 valence electrons. The van der Waals surface area contributed by atoms with E-state index in [1.807, 2.05) is 0 Å². The standard InChI is InChI=1S/C21H25N2O2/c1-2-22-18-11-6-7-12-19(18)23(14-8-13-20-24-15-16-25-20)21(22)17-9-4-3-5-10-17/h3-7,9-12,20H,2,8,13-16H2,1H3/q+1. The largest absolute Gasteiger partial charge is 0.350 e. The van der Waals surface area contributed by atoms with Gasteiger partial charge in [0.15, 0.2) is 17.3 Å². The number of ether oxygens (including phenoxy) is 2. The summed E-state index contributed by atoms with van der Waals surface area (Å²) in [5.41, 5.74) is 3.84. The average Bonchev–Trinajstić information content (AvgIpc) is 3.28. The highest BCUT2D eigenvalue weighted by atomic mass is 16.7. The molecule has 3 aromatic rings. The summed E-state index contributed by atoms with van der Waals surface area (Å²) in [6.45, 7) is 5.57. The number of aryl methyl sites for hydroxylation is 2. The average molecular weight is 337 g/mol. The van der Waals surface area contributed by atoms with Crippen molar-refractivity contribution in [2.24, 2.45) is 0 Å². The fraction of sp³-hybridized carbons (Fsp3) is 0.381. The van der Waals surface area contributed by atoms with Gasteiger partial charge in [-0.25, -0.2) is 9.13 Å². The van der Waals surface area contributed by atoms with Crippen molar-refractivity contribution in [1.29, 1.82) is 0 Å². The lowest BCUT2D eigenvalue weighted by atomic mass is 10.2.